The summed E-state index contributed by atoms with van der Waals surface area (Å²) in [6.45, 7) is 3.91. The summed E-state index contributed by atoms with van der Waals surface area (Å²) in [6, 6.07) is 7.75. The van der Waals surface area contributed by atoms with Crippen LogP contribution in [0.15, 0.2) is 53.3 Å². The molecular weight excluding hydrogens is 250 g/mol. The minimum atomic E-state index is 0.0551. The second-order valence-corrected chi connectivity index (χ2v) is 4.77. The summed E-state index contributed by atoms with van der Waals surface area (Å²) in [7, 11) is 0. The number of hydrogen-bond donors (Lipinski definition) is 0. The van der Waals surface area contributed by atoms with Gasteiger partial charge in [0.1, 0.15) is 0 Å². The first kappa shape index (κ1) is 12.7. The van der Waals surface area contributed by atoms with Crippen molar-refractivity contribution in [1.29, 1.82) is 0 Å². The summed E-state index contributed by atoms with van der Waals surface area (Å²) in [6.07, 6.45) is 8.14. The summed E-state index contributed by atoms with van der Waals surface area (Å²) >= 11 is 0. The molecule has 20 heavy (non-hydrogen) atoms. The van der Waals surface area contributed by atoms with Crippen molar-refractivity contribution in [1.82, 2.24) is 4.90 Å². The van der Waals surface area contributed by atoms with Gasteiger partial charge in [0, 0.05) is 31.2 Å². The Morgan fingerprint density at radius 1 is 1.30 bits per heavy atom. The second kappa shape index (κ2) is 5.33. The van der Waals surface area contributed by atoms with Crippen LogP contribution in [0, 0.1) is 0 Å². The Kier molecular flexibility index (Phi) is 3.37. The molecule has 0 spiro atoms. The van der Waals surface area contributed by atoms with E-state index in [-0.39, 0.29) is 5.91 Å². The lowest BCUT2D eigenvalue weighted by atomic mass is 10.2. The van der Waals surface area contributed by atoms with Crippen molar-refractivity contribution in [3.63, 3.8) is 0 Å². The number of carbonyl (C=O) groups excluding carboxylic acids is 1. The Morgan fingerprint density at radius 3 is 2.90 bits per heavy atom. The fourth-order valence-electron chi connectivity index (χ4n) is 2.42. The van der Waals surface area contributed by atoms with Crippen LogP contribution >= 0.6 is 0 Å². The van der Waals surface area contributed by atoms with Crippen LogP contribution < -0.4 is 4.90 Å². The summed E-state index contributed by atoms with van der Waals surface area (Å²) in [5.41, 5.74) is 2.62. The van der Waals surface area contributed by atoms with Gasteiger partial charge in [0.05, 0.1) is 17.8 Å². The topological polar surface area (TPSA) is 35.9 Å². The SMILES string of the molecule is CCN1C=CC(N2C(=O)CC=Nc3ccccc32)=CC1. The summed E-state index contributed by atoms with van der Waals surface area (Å²) in [4.78, 5) is 20.7. The monoisotopic (exact) mass is 267 g/mol. The molecule has 102 valence electrons. The Morgan fingerprint density at radius 2 is 2.15 bits per heavy atom. The predicted octanol–water partition coefficient (Wildman–Crippen LogP) is 2.86. The summed E-state index contributed by atoms with van der Waals surface area (Å²) in [5, 5.41) is 0. The van der Waals surface area contributed by atoms with Gasteiger partial charge < -0.3 is 4.90 Å². The average molecular weight is 267 g/mol. The second-order valence-electron chi connectivity index (χ2n) is 4.77. The fourth-order valence-corrected chi connectivity index (χ4v) is 2.42. The van der Waals surface area contributed by atoms with Crippen LogP contribution in [0.5, 0.6) is 0 Å². The van der Waals surface area contributed by atoms with Crippen molar-refractivity contribution < 1.29 is 4.79 Å². The Bertz CT molecular complexity index is 616. The zero-order valence-corrected chi connectivity index (χ0v) is 11.5. The Hall–Kier alpha value is -2.36. The highest BCUT2D eigenvalue weighted by Crippen LogP contribution is 2.33. The number of hydrogen-bond acceptors (Lipinski definition) is 3. The van der Waals surface area contributed by atoms with E-state index in [9.17, 15) is 4.79 Å². The van der Waals surface area contributed by atoms with Crippen molar-refractivity contribution in [3.05, 3.63) is 48.3 Å². The van der Waals surface area contributed by atoms with Gasteiger partial charge in [-0.2, -0.15) is 0 Å². The number of anilines is 1. The predicted molar refractivity (Wildman–Crippen MR) is 81.2 cm³/mol. The number of amides is 1. The van der Waals surface area contributed by atoms with E-state index in [0.29, 0.717) is 6.42 Å². The van der Waals surface area contributed by atoms with Gasteiger partial charge in [0.2, 0.25) is 5.91 Å². The molecule has 0 bridgehead atoms. The maximum Gasteiger partial charge on any atom is 0.236 e. The van der Waals surface area contributed by atoms with E-state index < -0.39 is 0 Å². The number of aliphatic imine (C=N–C) groups is 1. The van der Waals surface area contributed by atoms with Crippen LogP contribution in [-0.2, 0) is 4.79 Å². The largest absolute Gasteiger partial charge is 0.374 e. The van der Waals surface area contributed by atoms with Gasteiger partial charge in [-0.1, -0.05) is 12.1 Å². The molecule has 0 aliphatic carbocycles. The van der Waals surface area contributed by atoms with E-state index >= 15 is 0 Å². The molecule has 0 saturated heterocycles. The third kappa shape index (κ3) is 2.25. The average Bonchev–Trinajstić information content (AvgIpc) is 2.66. The van der Waals surface area contributed by atoms with E-state index in [1.54, 1.807) is 11.1 Å². The van der Waals surface area contributed by atoms with Gasteiger partial charge in [-0.3, -0.25) is 14.7 Å². The van der Waals surface area contributed by atoms with Crippen molar-refractivity contribution >= 4 is 23.5 Å². The Balaban J connectivity index is 1.99. The lowest BCUT2D eigenvalue weighted by molar-refractivity contribution is -0.116. The molecule has 3 rings (SSSR count). The molecule has 4 heteroatoms. The molecule has 0 atom stereocenters. The van der Waals surface area contributed by atoms with E-state index in [0.717, 1.165) is 30.2 Å². The Labute approximate surface area is 118 Å². The highest BCUT2D eigenvalue weighted by atomic mass is 16.2. The third-order valence-corrected chi connectivity index (χ3v) is 3.52. The molecule has 0 radical (unpaired) electrons. The molecule has 2 heterocycles. The molecule has 0 N–H and O–H groups in total. The van der Waals surface area contributed by atoms with Gasteiger partial charge in [0.15, 0.2) is 0 Å². The number of likely N-dealkylation sites (N-methyl/N-ethyl adjacent to an activating group) is 1. The first-order chi connectivity index (χ1) is 9.79. The minimum absolute atomic E-state index is 0.0551. The molecule has 0 aromatic heterocycles. The maximum atomic E-state index is 12.4. The highest BCUT2D eigenvalue weighted by molar-refractivity contribution is 6.07. The smallest absolute Gasteiger partial charge is 0.236 e. The van der Waals surface area contributed by atoms with Crippen molar-refractivity contribution in [2.75, 3.05) is 18.0 Å². The summed E-state index contributed by atoms with van der Waals surface area (Å²) in [5.74, 6) is 0.0551. The van der Waals surface area contributed by atoms with Gasteiger partial charge in [-0.05, 0) is 31.2 Å². The van der Waals surface area contributed by atoms with E-state index in [1.807, 2.05) is 36.5 Å². The third-order valence-electron chi connectivity index (χ3n) is 3.52. The van der Waals surface area contributed by atoms with E-state index in [2.05, 4.69) is 22.9 Å². The number of allylic oxidation sites excluding steroid dienone is 1. The molecule has 0 unspecified atom stereocenters. The van der Waals surface area contributed by atoms with Crippen LogP contribution in [0.25, 0.3) is 0 Å². The van der Waals surface area contributed by atoms with Gasteiger partial charge in [0.25, 0.3) is 0 Å². The lowest BCUT2D eigenvalue weighted by Crippen LogP contribution is -2.31. The van der Waals surface area contributed by atoms with E-state index in [1.165, 1.54) is 0 Å². The molecule has 1 aromatic rings. The van der Waals surface area contributed by atoms with Crippen LogP contribution in [0.3, 0.4) is 0 Å². The first-order valence-electron chi connectivity index (χ1n) is 6.86. The number of para-hydroxylation sites is 2. The fraction of sp³-hybridized carbons (Fsp3) is 0.250. The minimum Gasteiger partial charge on any atom is -0.374 e. The molecule has 2 aliphatic rings. The molecule has 1 aromatic carbocycles. The van der Waals surface area contributed by atoms with Crippen LogP contribution in [-0.4, -0.2) is 30.1 Å². The molecule has 2 aliphatic heterocycles. The molecule has 0 fully saturated rings. The number of nitrogens with zero attached hydrogens (tertiary/aromatic N) is 3. The van der Waals surface area contributed by atoms with Gasteiger partial charge in [-0.25, -0.2) is 0 Å². The van der Waals surface area contributed by atoms with E-state index in [4.69, 9.17) is 0 Å². The maximum absolute atomic E-state index is 12.4. The van der Waals surface area contributed by atoms with Gasteiger partial charge >= 0.3 is 0 Å². The highest BCUT2D eigenvalue weighted by Gasteiger charge is 2.23. The number of benzene rings is 1. The molecule has 4 nitrogen and oxygen atoms in total. The van der Waals surface area contributed by atoms with Crippen molar-refractivity contribution in [2.24, 2.45) is 4.99 Å². The van der Waals surface area contributed by atoms with Crippen molar-refractivity contribution in [2.45, 2.75) is 13.3 Å². The van der Waals surface area contributed by atoms with Crippen molar-refractivity contribution in [3.8, 4) is 0 Å². The normalized spacial score (nSPS) is 17.9. The number of rotatable bonds is 2. The molecule has 1 amide bonds. The first-order valence-corrected chi connectivity index (χ1v) is 6.86. The number of fused-ring (bicyclic) bond motifs is 1. The zero-order valence-electron chi connectivity index (χ0n) is 11.5. The van der Waals surface area contributed by atoms with Crippen LogP contribution in [0.1, 0.15) is 13.3 Å². The lowest BCUT2D eigenvalue weighted by Gasteiger charge is -2.28. The zero-order chi connectivity index (χ0) is 13.9. The molecular formula is C16H17N3O. The van der Waals surface area contributed by atoms with Gasteiger partial charge in [-0.15, -0.1) is 0 Å². The molecule has 0 saturated carbocycles. The summed E-state index contributed by atoms with van der Waals surface area (Å²) < 4.78 is 0. The van der Waals surface area contributed by atoms with Crippen LogP contribution in [0.4, 0.5) is 11.4 Å². The number of carbonyl (C=O) groups is 1. The quantitative estimate of drug-likeness (QED) is 0.826. The standard InChI is InChI=1S/C16H17N3O/c1-2-18-11-8-13(9-12-18)19-15-6-4-3-5-14(15)17-10-7-16(19)20/h3-6,8-11H,2,7,12H2,1H3. The van der Waals surface area contributed by atoms with Crippen LogP contribution in [0.2, 0.25) is 0 Å².